The fourth-order valence-electron chi connectivity index (χ4n) is 2.78. The number of hydrogen-bond acceptors (Lipinski definition) is 1. The van der Waals surface area contributed by atoms with Gasteiger partial charge in [-0.1, -0.05) is 54.6 Å². The minimum absolute atomic E-state index is 0. The molecule has 0 saturated heterocycles. The quantitative estimate of drug-likeness (QED) is 0.689. The van der Waals surface area contributed by atoms with Gasteiger partial charge >= 0.3 is 0 Å². The van der Waals surface area contributed by atoms with E-state index in [2.05, 4.69) is 86.7 Å². The molecule has 1 N–H and O–H groups in total. The molecule has 2 aromatic rings. The lowest BCUT2D eigenvalue weighted by Crippen LogP contribution is -3.11. The molecule has 0 aliphatic carbocycles. The van der Waals surface area contributed by atoms with Crippen molar-refractivity contribution >= 4 is 0 Å². The largest absolute Gasteiger partial charge is 1.00 e. The monoisotopic (exact) mass is 392 g/mol. The zero-order valence-corrected chi connectivity index (χ0v) is 14.8. The first-order chi connectivity index (χ1) is 9.66. The van der Waals surface area contributed by atoms with Crippen LogP contribution in [-0.2, 0) is 0 Å². The second-order valence-corrected chi connectivity index (χ2v) is 5.48. The summed E-state index contributed by atoms with van der Waals surface area (Å²) >= 11 is 0. The lowest BCUT2D eigenvalue weighted by atomic mass is 10.0. The highest BCUT2D eigenvalue weighted by atomic mass is 127. The van der Waals surface area contributed by atoms with Gasteiger partial charge in [0, 0.05) is 20.0 Å². The van der Waals surface area contributed by atoms with Crippen LogP contribution in [0.4, 0.5) is 0 Å². The van der Waals surface area contributed by atoms with Gasteiger partial charge in [-0.2, -0.15) is 0 Å². The number of nitrogens with one attached hydrogen (secondary N) is 1. The van der Waals surface area contributed by atoms with E-state index in [-0.39, 0.29) is 24.0 Å². The van der Waals surface area contributed by atoms with E-state index >= 15 is 0 Å². The van der Waals surface area contributed by atoms with Crippen molar-refractivity contribution in [1.82, 2.24) is 5.01 Å². The van der Waals surface area contributed by atoms with Crippen molar-refractivity contribution in [1.29, 1.82) is 0 Å². The van der Waals surface area contributed by atoms with Gasteiger partial charge in [-0.15, -0.1) is 5.01 Å². The van der Waals surface area contributed by atoms with Crippen LogP contribution in [0.2, 0.25) is 0 Å². The Balaban J connectivity index is 0.00000161. The van der Waals surface area contributed by atoms with E-state index in [1.54, 1.807) is 0 Å². The summed E-state index contributed by atoms with van der Waals surface area (Å²) in [6.07, 6.45) is 2.34. The van der Waals surface area contributed by atoms with Crippen molar-refractivity contribution in [3.05, 3.63) is 71.9 Å². The van der Waals surface area contributed by atoms with E-state index in [1.807, 2.05) is 0 Å². The van der Waals surface area contributed by atoms with Gasteiger partial charge in [-0.05, 0) is 16.7 Å². The third-order valence-electron chi connectivity index (χ3n) is 4.28. The molecule has 2 aromatic carbocycles. The van der Waals surface area contributed by atoms with Crippen LogP contribution in [0.25, 0.3) is 11.1 Å². The van der Waals surface area contributed by atoms with Crippen molar-refractivity contribution in [2.24, 2.45) is 0 Å². The maximum Gasteiger partial charge on any atom is 0.121 e. The van der Waals surface area contributed by atoms with Crippen LogP contribution in [0.1, 0.15) is 18.5 Å². The number of allylic oxidation sites excluding steroid dienone is 1. The molecule has 0 saturated carbocycles. The van der Waals surface area contributed by atoms with Gasteiger partial charge < -0.3 is 24.0 Å². The summed E-state index contributed by atoms with van der Waals surface area (Å²) < 4.78 is 0. The van der Waals surface area contributed by atoms with E-state index < -0.39 is 0 Å². The zero-order chi connectivity index (χ0) is 14.1. The summed E-state index contributed by atoms with van der Waals surface area (Å²) in [6.45, 7) is 2.18. The van der Waals surface area contributed by atoms with Crippen LogP contribution < -0.4 is 29.0 Å². The highest BCUT2D eigenvalue weighted by molar-refractivity contribution is 5.63. The van der Waals surface area contributed by atoms with Gasteiger partial charge in [-0.25, -0.2) is 5.01 Å². The van der Waals surface area contributed by atoms with Crippen molar-refractivity contribution in [3.63, 3.8) is 0 Å². The Morgan fingerprint density at radius 3 is 2.00 bits per heavy atom. The molecule has 0 aromatic heterocycles. The Labute approximate surface area is 144 Å². The maximum atomic E-state index is 2.34. The van der Waals surface area contributed by atoms with Crippen LogP contribution in [0, 0.1) is 0 Å². The molecule has 0 amide bonds. The molecular weight excluding hydrogens is 371 g/mol. The second kappa shape index (κ2) is 6.73. The highest BCUT2D eigenvalue weighted by Crippen LogP contribution is 2.26. The SMILES string of the molecule is CC1=CC(c2ccc(-c3ccccc3)cc2)N(C)[NH+]1C.[I-]. The summed E-state index contributed by atoms with van der Waals surface area (Å²) in [5.41, 5.74) is 5.28. The van der Waals surface area contributed by atoms with Crippen LogP contribution >= 0.6 is 0 Å². The summed E-state index contributed by atoms with van der Waals surface area (Å²) in [6, 6.07) is 19.8. The van der Waals surface area contributed by atoms with Gasteiger partial charge in [0.1, 0.15) is 11.7 Å². The first kappa shape index (κ1) is 16.2. The predicted octanol–water partition coefficient (Wildman–Crippen LogP) is -0.322. The van der Waals surface area contributed by atoms with E-state index in [9.17, 15) is 0 Å². The molecule has 0 spiro atoms. The molecule has 2 unspecified atom stereocenters. The van der Waals surface area contributed by atoms with Gasteiger partial charge in [0.15, 0.2) is 0 Å². The molecule has 2 atom stereocenters. The van der Waals surface area contributed by atoms with Gasteiger partial charge in [0.2, 0.25) is 0 Å². The first-order valence-corrected chi connectivity index (χ1v) is 7.07. The second-order valence-electron chi connectivity index (χ2n) is 5.48. The van der Waals surface area contributed by atoms with Crippen LogP contribution in [0.3, 0.4) is 0 Å². The molecule has 0 bridgehead atoms. The summed E-state index contributed by atoms with van der Waals surface area (Å²) in [7, 11) is 4.35. The van der Waals surface area contributed by atoms with Gasteiger partial charge in [0.25, 0.3) is 0 Å². The van der Waals surface area contributed by atoms with Crippen LogP contribution in [0.5, 0.6) is 0 Å². The van der Waals surface area contributed by atoms with Crippen molar-refractivity contribution in [3.8, 4) is 11.1 Å². The minimum atomic E-state index is 0. The Hall–Kier alpha value is -1.17. The third-order valence-corrected chi connectivity index (χ3v) is 4.28. The maximum absolute atomic E-state index is 2.34. The topological polar surface area (TPSA) is 7.68 Å². The molecule has 1 aliphatic rings. The molecule has 2 nitrogen and oxygen atoms in total. The highest BCUT2D eigenvalue weighted by Gasteiger charge is 2.30. The molecule has 3 rings (SSSR count). The normalized spacial score (nSPS) is 21.8. The first-order valence-electron chi connectivity index (χ1n) is 7.07. The van der Waals surface area contributed by atoms with E-state index in [4.69, 9.17) is 0 Å². The molecule has 3 heteroatoms. The predicted molar refractivity (Wildman–Crippen MR) is 83.0 cm³/mol. The fourth-order valence-corrected chi connectivity index (χ4v) is 2.78. The molecule has 1 aliphatic heterocycles. The van der Waals surface area contributed by atoms with Gasteiger partial charge in [0.05, 0.1) is 7.05 Å². The van der Waals surface area contributed by atoms with Crippen LogP contribution in [-0.4, -0.2) is 19.1 Å². The minimum Gasteiger partial charge on any atom is -1.00 e. The molecule has 0 fully saturated rings. The smallest absolute Gasteiger partial charge is 0.121 e. The average Bonchev–Trinajstić information content (AvgIpc) is 2.76. The number of nitrogens with zero attached hydrogens (tertiary/aromatic N) is 1. The van der Waals surface area contributed by atoms with Crippen LogP contribution in [0.15, 0.2) is 66.4 Å². The Bertz CT molecular complexity index is 619. The lowest BCUT2D eigenvalue weighted by Gasteiger charge is -2.22. The number of benzene rings is 2. The van der Waals surface area contributed by atoms with Crippen molar-refractivity contribution in [2.75, 3.05) is 14.1 Å². The summed E-state index contributed by atoms with van der Waals surface area (Å²) in [4.78, 5) is 0. The fraction of sp³-hybridized carbons (Fsp3) is 0.222. The summed E-state index contributed by atoms with van der Waals surface area (Å²) in [5.74, 6) is 0. The van der Waals surface area contributed by atoms with Gasteiger partial charge in [-0.3, -0.25) is 0 Å². The number of quaternary nitrogens is 1. The van der Waals surface area contributed by atoms with E-state index in [1.165, 1.54) is 27.4 Å². The number of halogens is 1. The molecule has 110 valence electrons. The van der Waals surface area contributed by atoms with E-state index in [0.29, 0.717) is 6.04 Å². The third kappa shape index (κ3) is 3.20. The average molecular weight is 392 g/mol. The Kier molecular flexibility index (Phi) is 5.19. The molecule has 0 radical (unpaired) electrons. The number of hydrogen-bond donors (Lipinski definition) is 1. The standard InChI is InChI=1S/C18H20N2.HI/c1-14-13-18(20(3)19(14)2)17-11-9-16(10-12-17)15-7-5-4-6-8-15;/h4-13,18H,1-3H3;1H. The number of likely N-dealkylation sites (N-methyl/N-ethyl adjacent to an activating group) is 1. The summed E-state index contributed by atoms with van der Waals surface area (Å²) in [5, 5.41) is 3.70. The Morgan fingerprint density at radius 2 is 1.48 bits per heavy atom. The number of rotatable bonds is 2. The van der Waals surface area contributed by atoms with E-state index in [0.717, 1.165) is 0 Å². The molecule has 21 heavy (non-hydrogen) atoms. The molecular formula is C18H21IN2. The lowest BCUT2D eigenvalue weighted by molar-refractivity contribution is -0.958. The van der Waals surface area contributed by atoms with Crippen molar-refractivity contribution in [2.45, 2.75) is 13.0 Å². The van der Waals surface area contributed by atoms with Crippen molar-refractivity contribution < 1.29 is 29.0 Å². The zero-order valence-electron chi connectivity index (χ0n) is 12.7. The Morgan fingerprint density at radius 1 is 0.905 bits per heavy atom. The molecule has 1 heterocycles.